The first kappa shape index (κ1) is 12.9. The molecule has 0 aliphatic rings. The van der Waals surface area contributed by atoms with Crippen LogP contribution in [0.25, 0.3) is 0 Å². The summed E-state index contributed by atoms with van der Waals surface area (Å²) in [6.45, 7) is 0. The Morgan fingerprint density at radius 1 is 0.895 bits per heavy atom. The van der Waals surface area contributed by atoms with E-state index in [-0.39, 0.29) is 0 Å². The smallest absolute Gasteiger partial charge is 0.375 e. The van der Waals surface area contributed by atoms with Crippen LogP contribution in [0, 0.1) is 4.91 Å². The summed E-state index contributed by atoms with van der Waals surface area (Å²) in [6, 6.07) is 14.3. The molecule has 0 aliphatic heterocycles. The van der Waals surface area contributed by atoms with Crippen molar-refractivity contribution >= 4 is 11.4 Å². The summed E-state index contributed by atoms with van der Waals surface area (Å²) >= 11 is 0. The molecule has 2 aromatic carbocycles. The van der Waals surface area contributed by atoms with Gasteiger partial charge in [0, 0.05) is 0 Å². The SMILES string of the molecule is COc1cccc(OC)c1[N+](=O)Nc1ccccc1. The molecule has 0 aromatic heterocycles. The van der Waals surface area contributed by atoms with E-state index < -0.39 is 0 Å². The predicted octanol–water partition coefficient (Wildman–Crippen LogP) is 3.14. The Hall–Kier alpha value is -2.56. The average molecular weight is 259 g/mol. The third kappa shape index (κ3) is 2.82. The standard InChI is InChI=1S/C14H15N2O3/c1-18-12-9-6-10-13(19-2)14(12)16(17)15-11-7-4-3-5-8-11/h3-10H,1-2H3,(H,15,17)/q+1. The molecule has 0 unspecified atom stereocenters. The van der Waals surface area contributed by atoms with Crippen LogP contribution in [0.2, 0.25) is 0 Å². The van der Waals surface area contributed by atoms with Crippen LogP contribution in [0.15, 0.2) is 48.5 Å². The molecule has 0 saturated heterocycles. The highest BCUT2D eigenvalue weighted by Crippen LogP contribution is 2.36. The molecule has 1 N–H and O–H groups in total. The van der Waals surface area contributed by atoms with Gasteiger partial charge in [-0.1, -0.05) is 24.3 Å². The lowest BCUT2D eigenvalue weighted by atomic mass is 10.2. The number of hydrogen-bond donors (Lipinski definition) is 1. The summed E-state index contributed by atoms with van der Waals surface area (Å²) < 4.78 is 10.4. The van der Waals surface area contributed by atoms with Crippen LogP contribution >= 0.6 is 0 Å². The van der Waals surface area contributed by atoms with Crippen molar-refractivity contribution in [2.75, 3.05) is 19.6 Å². The highest BCUT2D eigenvalue weighted by molar-refractivity contribution is 5.57. The van der Waals surface area contributed by atoms with Gasteiger partial charge in [-0.15, -0.1) is 5.43 Å². The van der Waals surface area contributed by atoms with E-state index in [1.54, 1.807) is 30.3 Å². The Balaban J connectivity index is 2.33. The van der Waals surface area contributed by atoms with E-state index in [1.807, 2.05) is 18.2 Å². The second-order valence-electron chi connectivity index (χ2n) is 3.78. The Morgan fingerprint density at radius 3 is 2.00 bits per heavy atom. The molecule has 0 bridgehead atoms. The number of hydrogen-bond acceptors (Lipinski definition) is 3. The molecule has 2 aromatic rings. The van der Waals surface area contributed by atoms with Gasteiger partial charge in [0.05, 0.1) is 19.1 Å². The lowest BCUT2D eigenvalue weighted by Crippen LogP contribution is -2.12. The van der Waals surface area contributed by atoms with Gasteiger partial charge in [0.2, 0.25) is 11.5 Å². The zero-order valence-electron chi connectivity index (χ0n) is 10.8. The monoisotopic (exact) mass is 259 g/mol. The Labute approximate surface area is 111 Å². The first-order valence-electron chi connectivity index (χ1n) is 5.76. The topological polar surface area (TPSA) is 50.6 Å². The fourth-order valence-corrected chi connectivity index (χ4v) is 1.72. The van der Waals surface area contributed by atoms with Gasteiger partial charge in [0.1, 0.15) is 5.69 Å². The second kappa shape index (κ2) is 5.86. The van der Waals surface area contributed by atoms with Crippen LogP contribution in [0.3, 0.4) is 0 Å². The van der Waals surface area contributed by atoms with Crippen molar-refractivity contribution in [3.05, 3.63) is 53.4 Å². The summed E-state index contributed by atoms with van der Waals surface area (Å²) in [5.74, 6) is 0.885. The fraction of sp³-hybridized carbons (Fsp3) is 0.143. The van der Waals surface area contributed by atoms with E-state index in [2.05, 4.69) is 5.43 Å². The third-order valence-corrected chi connectivity index (χ3v) is 2.61. The molecule has 19 heavy (non-hydrogen) atoms. The van der Waals surface area contributed by atoms with E-state index in [0.29, 0.717) is 27.7 Å². The number of nitrogens with one attached hydrogen (secondary N) is 1. The van der Waals surface area contributed by atoms with Crippen molar-refractivity contribution in [3.8, 4) is 11.5 Å². The second-order valence-corrected chi connectivity index (χ2v) is 3.78. The maximum absolute atomic E-state index is 12.2. The number of nitroso groups, excluding NO2 is 1. The molecule has 0 atom stereocenters. The van der Waals surface area contributed by atoms with Crippen LogP contribution in [0.4, 0.5) is 11.4 Å². The highest BCUT2D eigenvalue weighted by Gasteiger charge is 2.26. The number of benzene rings is 2. The van der Waals surface area contributed by atoms with Gasteiger partial charge >= 0.3 is 5.69 Å². The van der Waals surface area contributed by atoms with Crippen molar-refractivity contribution in [1.29, 1.82) is 0 Å². The van der Waals surface area contributed by atoms with E-state index in [1.165, 1.54) is 14.2 Å². The summed E-state index contributed by atoms with van der Waals surface area (Å²) in [5.41, 5.74) is 3.71. The maximum Gasteiger partial charge on any atom is 0.375 e. The quantitative estimate of drug-likeness (QED) is 0.662. The number of methoxy groups -OCH3 is 2. The predicted molar refractivity (Wildman–Crippen MR) is 72.9 cm³/mol. The number of nitrogens with zero attached hydrogens (tertiary/aromatic N) is 1. The van der Waals surface area contributed by atoms with Gasteiger partial charge in [-0.05, 0) is 24.3 Å². The van der Waals surface area contributed by atoms with Crippen molar-refractivity contribution < 1.29 is 14.3 Å². The van der Waals surface area contributed by atoms with Crippen LogP contribution in [0.1, 0.15) is 0 Å². The molecule has 5 heteroatoms. The lowest BCUT2D eigenvalue weighted by Gasteiger charge is -2.05. The number of ether oxygens (including phenoxy) is 2. The molecule has 5 nitrogen and oxygen atoms in total. The van der Waals surface area contributed by atoms with E-state index in [4.69, 9.17) is 9.47 Å². The summed E-state index contributed by atoms with van der Waals surface area (Å²) in [6.07, 6.45) is 0. The minimum atomic E-state index is 0.302. The van der Waals surface area contributed by atoms with Crippen molar-refractivity contribution in [2.45, 2.75) is 0 Å². The minimum Gasteiger partial charge on any atom is -0.490 e. The molecule has 0 amide bonds. The van der Waals surface area contributed by atoms with Gasteiger partial charge in [-0.2, -0.15) is 0 Å². The molecule has 0 aliphatic carbocycles. The van der Waals surface area contributed by atoms with Gasteiger partial charge in [0.25, 0.3) is 0 Å². The number of rotatable bonds is 5. The first-order chi connectivity index (χ1) is 9.26. The van der Waals surface area contributed by atoms with Crippen LogP contribution in [-0.4, -0.2) is 19.1 Å². The molecule has 0 heterocycles. The molecule has 2 rings (SSSR count). The molecular weight excluding hydrogens is 244 g/mol. The van der Waals surface area contributed by atoms with Gasteiger partial charge < -0.3 is 9.47 Å². The zero-order chi connectivity index (χ0) is 13.7. The largest absolute Gasteiger partial charge is 0.490 e. The molecule has 0 radical (unpaired) electrons. The minimum absolute atomic E-state index is 0.302. The van der Waals surface area contributed by atoms with Crippen LogP contribution in [-0.2, 0) is 0 Å². The van der Waals surface area contributed by atoms with E-state index >= 15 is 0 Å². The summed E-state index contributed by atoms with van der Waals surface area (Å²) in [7, 11) is 3.02. The Bertz CT molecular complexity index is 548. The molecule has 0 fully saturated rings. The van der Waals surface area contributed by atoms with Crippen LogP contribution in [0.5, 0.6) is 11.5 Å². The maximum atomic E-state index is 12.2. The fourth-order valence-electron chi connectivity index (χ4n) is 1.72. The highest BCUT2D eigenvalue weighted by atomic mass is 16.5. The van der Waals surface area contributed by atoms with E-state index in [9.17, 15) is 4.91 Å². The first-order valence-corrected chi connectivity index (χ1v) is 5.76. The molecule has 98 valence electrons. The lowest BCUT2D eigenvalue weighted by molar-refractivity contribution is -0.429. The normalized spacial score (nSPS) is 9.79. The number of anilines is 1. The van der Waals surface area contributed by atoms with Crippen molar-refractivity contribution in [3.63, 3.8) is 0 Å². The van der Waals surface area contributed by atoms with Crippen molar-refractivity contribution in [2.24, 2.45) is 0 Å². The van der Waals surface area contributed by atoms with Gasteiger partial charge in [0.15, 0.2) is 4.87 Å². The van der Waals surface area contributed by atoms with Gasteiger partial charge in [-0.3, -0.25) is 0 Å². The Kier molecular flexibility index (Phi) is 3.97. The summed E-state index contributed by atoms with van der Waals surface area (Å²) in [4.78, 5) is 12.9. The summed E-state index contributed by atoms with van der Waals surface area (Å²) in [5, 5.41) is 0. The van der Waals surface area contributed by atoms with E-state index in [0.717, 1.165) is 0 Å². The number of hydrazine groups is 1. The van der Waals surface area contributed by atoms with Crippen LogP contribution < -0.4 is 14.9 Å². The number of para-hydroxylation sites is 2. The molecule has 0 saturated carbocycles. The zero-order valence-corrected chi connectivity index (χ0v) is 10.8. The third-order valence-electron chi connectivity index (χ3n) is 2.61. The Morgan fingerprint density at radius 2 is 1.47 bits per heavy atom. The molecule has 0 spiro atoms. The average Bonchev–Trinajstić information content (AvgIpc) is 2.47. The van der Waals surface area contributed by atoms with Crippen molar-refractivity contribution in [1.82, 2.24) is 0 Å². The molecular formula is C14H15N2O3+. The van der Waals surface area contributed by atoms with Gasteiger partial charge in [-0.25, -0.2) is 0 Å².